The van der Waals surface area contributed by atoms with E-state index < -0.39 is 5.25 Å². The first-order chi connectivity index (χ1) is 19.6. The molecule has 208 valence electrons. The van der Waals surface area contributed by atoms with E-state index in [1.165, 1.54) is 11.8 Å². The summed E-state index contributed by atoms with van der Waals surface area (Å²) in [7, 11) is 0. The average Bonchev–Trinajstić information content (AvgIpc) is 3.69. The summed E-state index contributed by atoms with van der Waals surface area (Å²) < 4.78 is 23.5. The van der Waals surface area contributed by atoms with Crippen molar-refractivity contribution in [1.82, 2.24) is 14.9 Å². The molecule has 0 spiro atoms. The number of carbonyl (C=O) groups excluding carboxylic acids is 1. The maximum atomic E-state index is 14.0. The molecule has 0 saturated carbocycles. The fourth-order valence-corrected chi connectivity index (χ4v) is 5.85. The molecular formula is C29H30N4O6S. The molecule has 1 saturated heterocycles. The molecule has 4 aromatic rings. The number of carbonyl (C=O) groups is 1. The van der Waals surface area contributed by atoms with Crippen LogP contribution >= 0.6 is 11.8 Å². The lowest BCUT2D eigenvalue weighted by molar-refractivity contribution is -0.120. The minimum absolute atomic E-state index is 0.143. The van der Waals surface area contributed by atoms with Crippen LogP contribution in [0.2, 0.25) is 0 Å². The fourth-order valence-electron chi connectivity index (χ4n) is 4.81. The lowest BCUT2D eigenvalue weighted by atomic mass is 10.1. The van der Waals surface area contributed by atoms with Gasteiger partial charge in [-0.15, -0.1) is 0 Å². The van der Waals surface area contributed by atoms with E-state index in [1.54, 1.807) is 16.9 Å². The van der Waals surface area contributed by atoms with E-state index in [0.717, 1.165) is 24.3 Å². The number of furan rings is 1. The van der Waals surface area contributed by atoms with Crippen molar-refractivity contribution in [3.63, 3.8) is 0 Å². The zero-order valence-electron chi connectivity index (χ0n) is 22.1. The number of amides is 1. The van der Waals surface area contributed by atoms with Crippen LogP contribution in [-0.2, 0) is 22.6 Å². The molecule has 1 fully saturated rings. The zero-order chi connectivity index (χ0) is 27.5. The third-order valence-electron chi connectivity index (χ3n) is 6.98. The third kappa shape index (κ3) is 5.52. The Kier molecular flexibility index (Phi) is 7.65. The number of nitrogens with zero attached hydrogens (tertiary/aromatic N) is 3. The molecule has 0 aliphatic carbocycles. The Morgan fingerprint density at radius 3 is 2.75 bits per heavy atom. The van der Waals surface area contributed by atoms with Crippen LogP contribution < -0.4 is 25.2 Å². The van der Waals surface area contributed by atoms with Gasteiger partial charge in [0.05, 0.1) is 48.7 Å². The number of nitrogens with one attached hydrogen (secondary N) is 1. The second-order valence-corrected chi connectivity index (χ2v) is 10.8. The van der Waals surface area contributed by atoms with Gasteiger partial charge in [0.15, 0.2) is 16.7 Å². The number of fused-ring (bicyclic) bond motifs is 2. The van der Waals surface area contributed by atoms with Crippen molar-refractivity contribution in [2.75, 3.05) is 38.0 Å². The fraction of sp³-hybridized carbons (Fsp3) is 0.345. The Morgan fingerprint density at radius 2 is 1.95 bits per heavy atom. The Bertz CT molecular complexity index is 1570. The Hall–Kier alpha value is -3.96. The monoisotopic (exact) mass is 562 g/mol. The summed E-state index contributed by atoms with van der Waals surface area (Å²) in [5, 5.41) is 3.50. The molecule has 0 unspecified atom stereocenters. The Morgan fingerprint density at radius 1 is 1.10 bits per heavy atom. The average molecular weight is 563 g/mol. The van der Waals surface area contributed by atoms with Gasteiger partial charge >= 0.3 is 0 Å². The number of rotatable bonds is 9. The van der Waals surface area contributed by atoms with E-state index in [4.69, 9.17) is 23.6 Å². The van der Waals surface area contributed by atoms with Gasteiger partial charge in [0.25, 0.3) is 5.56 Å². The second kappa shape index (κ2) is 11.6. The highest BCUT2D eigenvalue weighted by Gasteiger charge is 2.23. The van der Waals surface area contributed by atoms with Gasteiger partial charge in [0, 0.05) is 18.8 Å². The van der Waals surface area contributed by atoms with Crippen molar-refractivity contribution in [2.45, 2.75) is 36.8 Å². The summed E-state index contributed by atoms with van der Waals surface area (Å²) in [5.41, 5.74) is 2.27. The number of ether oxygens (including phenoxy) is 3. The molecule has 0 bridgehead atoms. The molecule has 0 radical (unpaired) electrons. The summed E-state index contributed by atoms with van der Waals surface area (Å²) >= 11 is 1.29. The van der Waals surface area contributed by atoms with Gasteiger partial charge in [-0.1, -0.05) is 24.8 Å². The predicted octanol–water partition coefficient (Wildman–Crippen LogP) is 3.79. The molecule has 11 heteroatoms. The van der Waals surface area contributed by atoms with Crippen molar-refractivity contribution in [3.8, 4) is 11.5 Å². The van der Waals surface area contributed by atoms with Crippen LogP contribution in [0.3, 0.4) is 0 Å². The van der Waals surface area contributed by atoms with Crippen LogP contribution in [0.4, 0.5) is 5.69 Å². The molecule has 10 nitrogen and oxygen atoms in total. The van der Waals surface area contributed by atoms with Crippen LogP contribution in [0, 0.1) is 0 Å². The smallest absolute Gasteiger partial charge is 0.262 e. The van der Waals surface area contributed by atoms with Gasteiger partial charge < -0.3 is 28.8 Å². The first kappa shape index (κ1) is 26.3. The summed E-state index contributed by atoms with van der Waals surface area (Å²) in [6.07, 6.45) is 2.13. The summed E-state index contributed by atoms with van der Waals surface area (Å²) in [5.74, 6) is 1.85. The van der Waals surface area contributed by atoms with Gasteiger partial charge in [-0.2, -0.15) is 0 Å². The number of thioether (sulfide) groups is 1. The van der Waals surface area contributed by atoms with Crippen molar-refractivity contribution >= 4 is 34.3 Å². The summed E-state index contributed by atoms with van der Waals surface area (Å²) in [4.78, 5) is 34.3. The molecular weight excluding hydrogens is 532 g/mol. The number of hydrogen-bond donors (Lipinski definition) is 1. The molecule has 1 N–H and O–H groups in total. The topological polar surface area (TPSA) is 108 Å². The zero-order valence-corrected chi connectivity index (χ0v) is 22.9. The highest BCUT2D eigenvalue weighted by Crippen LogP contribution is 2.33. The molecule has 2 aliphatic rings. The van der Waals surface area contributed by atoms with Gasteiger partial charge in [-0.05, 0) is 54.4 Å². The molecule has 2 aliphatic heterocycles. The van der Waals surface area contributed by atoms with E-state index >= 15 is 0 Å². The Labute approximate surface area is 235 Å². The number of morpholine rings is 1. The molecule has 2 aromatic carbocycles. The van der Waals surface area contributed by atoms with Crippen molar-refractivity contribution < 1.29 is 23.4 Å². The standard InChI is InChI=1S/C29H30N4O6S/c1-2-26(27(34)30-16-21-4-3-11-37-21)40-29-31-23-7-6-20(32-9-12-36-13-10-32)15-22(23)28(35)33(29)17-19-5-8-24-25(14-19)39-18-38-24/h3-8,11,14-15,26H,2,9-10,12-13,16-18H2,1H3,(H,30,34)/t26-/m1/s1. The van der Waals surface area contributed by atoms with Crippen LogP contribution in [-0.4, -0.2) is 53.8 Å². The highest BCUT2D eigenvalue weighted by molar-refractivity contribution is 8.00. The number of aromatic nitrogens is 2. The van der Waals surface area contributed by atoms with Crippen LogP contribution in [0.5, 0.6) is 11.5 Å². The van der Waals surface area contributed by atoms with Crippen molar-refractivity contribution in [3.05, 3.63) is 76.5 Å². The van der Waals surface area contributed by atoms with E-state index in [-0.39, 0.29) is 24.8 Å². The summed E-state index contributed by atoms with van der Waals surface area (Å²) in [6, 6.07) is 15.0. The van der Waals surface area contributed by atoms with Crippen LogP contribution in [0.25, 0.3) is 10.9 Å². The van der Waals surface area contributed by atoms with Crippen molar-refractivity contribution in [2.24, 2.45) is 0 Å². The molecule has 1 atom stereocenters. The van der Waals surface area contributed by atoms with Crippen molar-refractivity contribution in [1.29, 1.82) is 0 Å². The largest absolute Gasteiger partial charge is 0.467 e. The predicted molar refractivity (Wildman–Crippen MR) is 151 cm³/mol. The van der Waals surface area contributed by atoms with Gasteiger partial charge in [0.2, 0.25) is 12.7 Å². The minimum atomic E-state index is -0.449. The molecule has 6 rings (SSSR count). The minimum Gasteiger partial charge on any atom is -0.467 e. The van der Waals surface area contributed by atoms with Gasteiger partial charge in [0.1, 0.15) is 5.76 Å². The van der Waals surface area contributed by atoms with Gasteiger partial charge in [-0.3, -0.25) is 14.2 Å². The van der Waals surface area contributed by atoms with Crippen LogP contribution in [0.1, 0.15) is 24.7 Å². The maximum Gasteiger partial charge on any atom is 0.262 e. The second-order valence-electron chi connectivity index (χ2n) is 9.59. The van der Waals surface area contributed by atoms with Crippen LogP contribution in [0.15, 0.2) is 69.2 Å². The van der Waals surface area contributed by atoms with E-state index in [1.807, 2.05) is 49.4 Å². The maximum absolute atomic E-state index is 14.0. The normalized spacial score (nSPS) is 15.4. The number of anilines is 1. The molecule has 4 heterocycles. The van der Waals surface area contributed by atoms with E-state index in [9.17, 15) is 9.59 Å². The SMILES string of the molecule is CC[C@@H](Sc1nc2ccc(N3CCOCC3)cc2c(=O)n1Cc1ccc2c(c1)OCO2)C(=O)NCc1ccco1. The molecule has 40 heavy (non-hydrogen) atoms. The molecule has 1 amide bonds. The van der Waals surface area contributed by atoms with E-state index in [2.05, 4.69) is 10.2 Å². The molecule has 2 aromatic heterocycles. The highest BCUT2D eigenvalue weighted by atomic mass is 32.2. The lowest BCUT2D eigenvalue weighted by Crippen LogP contribution is -2.36. The third-order valence-corrected chi connectivity index (χ3v) is 8.34. The lowest BCUT2D eigenvalue weighted by Gasteiger charge is -2.29. The quantitative estimate of drug-likeness (QED) is 0.241. The number of benzene rings is 2. The number of hydrogen-bond acceptors (Lipinski definition) is 9. The first-order valence-electron chi connectivity index (χ1n) is 13.3. The Balaban J connectivity index is 1.35. The summed E-state index contributed by atoms with van der Waals surface area (Å²) in [6.45, 7) is 5.52. The van der Waals surface area contributed by atoms with E-state index in [0.29, 0.717) is 59.5 Å². The first-order valence-corrected chi connectivity index (χ1v) is 14.2. The van der Waals surface area contributed by atoms with Gasteiger partial charge in [-0.25, -0.2) is 4.98 Å².